The lowest BCUT2D eigenvalue weighted by Gasteiger charge is -2.25. The summed E-state index contributed by atoms with van der Waals surface area (Å²) in [6.45, 7) is 0. The molecule has 2 atom stereocenters. The van der Waals surface area contributed by atoms with Gasteiger partial charge in [-0.05, 0) is 12.1 Å². The average Bonchev–Trinajstić information content (AvgIpc) is 2.98. The normalized spacial score (nSPS) is 21.2. The van der Waals surface area contributed by atoms with Gasteiger partial charge in [0.1, 0.15) is 6.10 Å². The molecule has 1 saturated heterocycles. The van der Waals surface area contributed by atoms with Crippen LogP contribution >= 0.6 is 23.5 Å². The van der Waals surface area contributed by atoms with Crippen LogP contribution in [-0.2, 0) is 0 Å². The maximum Gasteiger partial charge on any atom is 0.110 e. The molecular formula is C13H15N3OS2. The SMILES string of the molecule is OC(c1cnnn1-c1ccccc1)C1CSCCS1. The Labute approximate surface area is 120 Å². The number of thioether (sulfide) groups is 2. The highest BCUT2D eigenvalue weighted by Gasteiger charge is 2.27. The maximum atomic E-state index is 10.5. The van der Waals surface area contributed by atoms with Crippen LogP contribution in [0.1, 0.15) is 11.8 Å². The zero-order valence-corrected chi connectivity index (χ0v) is 12.0. The van der Waals surface area contributed by atoms with Crippen LogP contribution in [0.5, 0.6) is 0 Å². The van der Waals surface area contributed by atoms with Gasteiger partial charge in [0, 0.05) is 22.5 Å². The molecule has 0 aliphatic carbocycles. The number of nitrogens with zero attached hydrogens (tertiary/aromatic N) is 3. The molecule has 0 radical (unpaired) electrons. The second-order valence-electron chi connectivity index (χ2n) is 4.34. The lowest BCUT2D eigenvalue weighted by molar-refractivity contribution is 0.172. The molecule has 6 heteroatoms. The molecule has 1 aromatic carbocycles. The van der Waals surface area contributed by atoms with E-state index in [0.717, 1.165) is 22.9 Å². The van der Waals surface area contributed by atoms with Crippen molar-refractivity contribution in [3.05, 3.63) is 42.2 Å². The lowest BCUT2D eigenvalue weighted by Crippen LogP contribution is -2.24. The van der Waals surface area contributed by atoms with Crippen molar-refractivity contribution in [2.45, 2.75) is 11.4 Å². The van der Waals surface area contributed by atoms with Crippen LogP contribution in [0.4, 0.5) is 0 Å². The number of aliphatic hydroxyl groups is 1. The summed E-state index contributed by atoms with van der Waals surface area (Å²) >= 11 is 3.73. The zero-order valence-electron chi connectivity index (χ0n) is 10.3. The molecule has 19 heavy (non-hydrogen) atoms. The van der Waals surface area contributed by atoms with Gasteiger partial charge in [-0.2, -0.15) is 23.5 Å². The number of hydrogen-bond donors (Lipinski definition) is 1. The van der Waals surface area contributed by atoms with E-state index < -0.39 is 6.10 Å². The van der Waals surface area contributed by atoms with E-state index in [9.17, 15) is 5.11 Å². The first-order valence-corrected chi connectivity index (χ1v) is 8.40. The topological polar surface area (TPSA) is 50.9 Å². The third-order valence-corrected chi connectivity index (χ3v) is 5.92. The first-order valence-electron chi connectivity index (χ1n) is 6.19. The Bertz CT molecular complexity index is 526. The summed E-state index contributed by atoms with van der Waals surface area (Å²) in [5, 5.41) is 18.8. The molecule has 2 heterocycles. The molecule has 0 bridgehead atoms. The number of para-hydroxylation sites is 1. The molecular weight excluding hydrogens is 278 g/mol. The minimum atomic E-state index is -0.520. The predicted molar refractivity (Wildman–Crippen MR) is 79.9 cm³/mol. The minimum absolute atomic E-state index is 0.222. The molecule has 2 unspecified atom stereocenters. The van der Waals surface area contributed by atoms with Gasteiger partial charge >= 0.3 is 0 Å². The molecule has 2 aromatic rings. The summed E-state index contributed by atoms with van der Waals surface area (Å²) < 4.78 is 1.73. The Morgan fingerprint density at radius 2 is 2.11 bits per heavy atom. The Morgan fingerprint density at radius 1 is 1.26 bits per heavy atom. The van der Waals surface area contributed by atoms with E-state index in [-0.39, 0.29) is 5.25 Å². The molecule has 1 aromatic heterocycles. The number of benzene rings is 1. The van der Waals surface area contributed by atoms with Gasteiger partial charge in [-0.15, -0.1) is 5.10 Å². The second kappa shape index (κ2) is 5.98. The maximum absolute atomic E-state index is 10.5. The summed E-state index contributed by atoms with van der Waals surface area (Å²) in [6.07, 6.45) is 1.14. The lowest BCUT2D eigenvalue weighted by atomic mass is 10.2. The quantitative estimate of drug-likeness (QED) is 0.939. The number of aliphatic hydroxyl groups excluding tert-OH is 1. The number of rotatable bonds is 3. The van der Waals surface area contributed by atoms with Crippen molar-refractivity contribution in [2.75, 3.05) is 17.3 Å². The van der Waals surface area contributed by atoms with Crippen LogP contribution < -0.4 is 0 Å². The van der Waals surface area contributed by atoms with Crippen molar-refractivity contribution in [3.8, 4) is 5.69 Å². The fraction of sp³-hybridized carbons (Fsp3) is 0.385. The molecule has 1 N–H and O–H groups in total. The fourth-order valence-electron chi connectivity index (χ4n) is 2.09. The Kier molecular flexibility index (Phi) is 4.10. The van der Waals surface area contributed by atoms with Crippen molar-refractivity contribution in [3.63, 3.8) is 0 Å². The molecule has 0 spiro atoms. The molecule has 0 amide bonds. The van der Waals surface area contributed by atoms with Crippen molar-refractivity contribution in [1.29, 1.82) is 0 Å². The number of hydrogen-bond acceptors (Lipinski definition) is 5. The number of aromatic nitrogens is 3. The highest BCUT2D eigenvalue weighted by atomic mass is 32.2. The Balaban J connectivity index is 1.87. The van der Waals surface area contributed by atoms with Crippen LogP contribution in [0, 0.1) is 0 Å². The monoisotopic (exact) mass is 293 g/mol. The molecule has 4 nitrogen and oxygen atoms in total. The summed E-state index contributed by atoms with van der Waals surface area (Å²) in [5.74, 6) is 3.25. The first kappa shape index (κ1) is 13.0. The van der Waals surface area contributed by atoms with Gasteiger partial charge in [-0.25, -0.2) is 4.68 Å². The highest BCUT2D eigenvalue weighted by molar-refractivity contribution is 8.06. The Hall–Kier alpha value is -0.980. The van der Waals surface area contributed by atoms with Crippen molar-refractivity contribution in [1.82, 2.24) is 15.0 Å². The summed E-state index contributed by atoms with van der Waals surface area (Å²) in [4.78, 5) is 0. The second-order valence-corrected chi connectivity index (χ2v) is 6.83. The first-order chi connectivity index (χ1) is 9.36. The van der Waals surface area contributed by atoms with Gasteiger partial charge in [0.25, 0.3) is 0 Å². The minimum Gasteiger partial charge on any atom is -0.386 e. The van der Waals surface area contributed by atoms with E-state index in [1.165, 1.54) is 5.75 Å². The molecule has 3 rings (SSSR count). The summed E-state index contributed by atoms with van der Waals surface area (Å²) in [7, 11) is 0. The van der Waals surface area contributed by atoms with Crippen molar-refractivity contribution >= 4 is 23.5 Å². The van der Waals surface area contributed by atoms with Crippen LogP contribution in [-0.4, -0.2) is 42.6 Å². The standard InChI is InChI=1S/C13H15N3OS2/c17-13(12-9-18-6-7-19-12)11-8-14-15-16(11)10-4-2-1-3-5-10/h1-5,8,12-13,17H,6-7,9H2. The van der Waals surface area contributed by atoms with Crippen molar-refractivity contribution in [2.24, 2.45) is 0 Å². The van der Waals surface area contributed by atoms with E-state index in [1.54, 1.807) is 10.9 Å². The summed E-state index contributed by atoms with van der Waals surface area (Å²) in [5.41, 5.74) is 1.70. The summed E-state index contributed by atoms with van der Waals surface area (Å²) in [6, 6.07) is 9.81. The van der Waals surface area contributed by atoms with E-state index in [4.69, 9.17) is 0 Å². The van der Waals surface area contributed by atoms with E-state index in [1.807, 2.05) is 53.9 Å². The van der Waals surface area contributed by atoms with Gasteiger partial charge < -0.3 is 5.11 Å². The predicted octanol–water partition coefficient (Wildman–Crippen LogP) is 2.15. The molecule has 1 aliphatic heterocycles. The molecule has 0 saturated carbocycles. The fourth-order valence-corrected chi connectivity index (χ4v) is 4.83. The van der Waals surface area contributed by atoms with E-state index in [2.05, 4.69) is 10.3 Å². The third kappa shape index (κ3) is 2.80. The van der Waals surface area contributed by atoms with Gasteiger partial charge in [-0.3, -0.25) is 0 Å². The van der Waals surface area contributed by atoms with Gasteiger partial charge in [0.05, 0.1) is 17.6 Å². The van der Waals surface area contributed by atoms with Crippen LogP contribution in [0.3, 0.4) is 0 Å². The van der Waals surface area contributed by atoms with Gasteiger partial charge in [0.15, 0.2) is 0 Å². The average molecular weight is 293 g/mol. The van der Waals surface area contributed by atoms with Gasteiger partial charge in [0.2, 0.25) is 0 Å². The molecule has 1 fully saturated rings. The third-order valence-electron chi connectivity index (χ3n) is 3.07. The van der Waals surface area contributed by atoms with Crippen LogP contribution in [0.2, 0.25) is 0 Å². The highest BCUT2D eigenvalue weighted by Crippen LogP contribution is 2.33. The largest absolute Gasteiger partial charge is 0.386 e. The Morgan fingerprint density at radius 3 is 2.84 bits per heavy atom. The van der Waals surface area contributed by atoms with Crippen LogP contribution in [0.15, 0.2) is 36.5 Å². The van der Waals surface area contributed by atoms with Crippen LogP contribution in [0.25, 0.3) is 5.69 Å². The van der Waals surface area contributed by atoms with Crippen molar-refractivity contribution < 1.29 is 5.11 Å². The van der Waals surface area contributed by atoms with E-state index in [0.29, 0.717) is 0 Å². The van der Waals surface area contributed by atoms with E-state index >= 15 is 0 Å². The molecule has 1 aliphatic rings. The zero-order chi connectivity index (χ0) is 13.1. The smallest absolute Gasteiger partial charge is 0.110 e. The van der Waals surface area contributed by atoms with Gasteiger partial charge in [-0.1, -0.05) is 23.4 Å². The molecule has 100 valence electrons.